The summed E-state index contributed by atoms with van der Waals surface area (Å²) in [7, 11) is 0. The van der Waals surface area contributed by atoms with Gasteiger partial charge < -0.3 is 15.0 Å². The molecule has 0 saturated carbocycles. The molecule has 2 amide bonds. The fourth-order valence-corrected chi connectivity index (χ4v) is 2.34. The van der Waals surface area contributed by atoms with Crippen molar-refractivity contribution in [3.63, 3.8) is 0 Å². The van der Waals surface area contributed by atoms with E-state index in [0.29, 0.717) is 13.2 Å². The molecule has 0 unspecified atom stereocenters. The fraction of sp³-hybridized carbons (Fsp3) is 0.500. The van der Waals surface area contributed by atoms with Gasteiger partial charge in [0.25, 0.3) is 0 Å². The first kappa shape index (κ1) is 15.4. The summed E-state index contributed by atoms with van der Waals surface area (Å²) in [6.45, 7) is 6.80. The van der Waals surface area contributed by atoms with E-state index in [0.717, 1.165) is 17.0 Å². The average Bonchev–Trinajstić information content (AvgIpc) is 2.43. The number of nitrogens with zero attached hydrogens (tertiary/aromatic N) is 1. The Kier molecular flexibility index (Phi) is 4.83. The van der Waals surface area contributed by atoms with E-state index in [1.54, 1.807) is 4.90 Å². The molecule has 5 nitrogen and oxygen atoms in total. The van der Waals surface area contributed by atoms with Gasteiger partial charge in [0.2, 0.25) is 11.8 Å². The third-order valence-corrected chi connectivity index (χ3v) is 3.29. The van der Waals surface area contributed by atoms with Gasteiger partial charge in [-0.15, -0.1) is 0 Å². The number of benzene rings is 1. The zero-order chi connectivity index (χ0) is 15.4. The second kappa shape index (κ2) is 6.61. The molecule has 0 atom stereocenters. The topological polar surface area (TPSA) is 58.6 Å². The maximum absolute atomic E-state index is 12.4. The summed E-state index contributed by atoms with van der Waals surface area (Å²) in [5, 5.41) is 2.79. The molecule has 1 N–H and O–H groups in total. The molecule has 2 rings (SSSR count). The molecule has 1 heterocycles. The molecule has 0 aliphatic carbocycles. The quantitative estimate of drug-likeness (QED) is 0.923. The number of amides is 2. The lowest BCUT2D eigenvalue weighted by molar-refractivity contribution is -0.125. The van der Waals surface area contributed by atoms with Crippen LogP contribution in [0.15, 0.2) is 18.2 Å². The predicted molar refractivity (Wildman–Crippen MR) is 81.5 cm³/mol. The Balaban J connectivity index is 2.01. The second-order valence-corrected chi connectivity index (χ2v) is 5.59. The maximum Gasteiger partial charge on any atom is 0.227 e. The molecule has 1 aromatic carbocycles. The number of aryl methyl sites for hydroxylation is 1. The zero-order valence-electron chi connectivity index (χ0n) is 12.8. The van der Waals surface area contributed by atoms with Crippen molar-refractivity contribution in [1.82, 2.24) is 5.32 Å². The highest BCUT2D eigenvalue weighted by molar-refractivity contribution is 5.97. The summed E-state index contributed by atoms with van der Waals surface area (Å²) in [6.07, 6.45) is 0.432. The van der Waals surface area contributed by atoms with Crippen molar-refractivity contribution in [1.29, 1.82) is 0 Å². The van der Waals surface area contributed by atoms with E-state index in [-0.39, 0.29) is 30.7 Å². The Morgan fingerprint density at radius 3 is 2.81 bits per heavy atom. The molecule has 1 aromatic rings. The SMILES string of the molecule is Cc1ccc2c(c1)N(C(=O)CCC(=O)NC(C)C)CCO2. The number of rotatable bonds is 4. The Bertz CT molecular complexity index is 540. The van der Waals surface area contributed by atoms with Gasteiger partial charge in [0, 0.05) is 18.9 Å². The van der Waals surface area contributed by atoms with Gasteiger partial charge in [0.1, 0.15) is 12.4 Å². The number of ether oxygens (including phenoxy) is 1. The summed E-state index contributed by atoms with van der Waals surface area (Å²) in [4.78, 5) is 25.7. The van der Waals surface area contributed by atoms with E-state index in [1.807, 2.05) is 39.0 Å². The smallest absolute Gasteiger partial charge is 0.227 e. The minimum Gasteiger partial charge on any atom is -0.490 e. The lowest BCUT2D eigenvalue weighted by Gasteiger charge is -2.30. The number of carbonyl (C=O) groups is 2. The van der Waals surface area contributed by atoms with Gasteiger partial charge in [-0.2, -0.15) is 0 Å². The predicted octanol–water partition coefficient (Wildman–Crippen LogP) is 2.03. The lowest BCUT2D eigenvalue weighted by Crippen LogP contribution is -2.39. The van der Waals surface area contributed by atoms with Gasteiger partial charge in [0.15, 0.2) is 0 Å². The molecule has 114 valence electrons. The number of fused-ring (bicyclic) bond motifs is 1. The van der Waals surface area contributed by atoms with Crippen LogP contribution in [0.2, 0.25) is 0 Å². The third kappa shape index (κ3) is 3.97. The molecule has 5 heteroatoms. The van der Waals surface area contributed by atoms with Crippen LogP contribution in [-0.4, -0.2) is 31.0 Å². The molecule has 21 heavy (non-hydrogen) atoms. The highest BCUT2D eigenvalue weighted by atomic mass is 16.5. The number of carbonyl (C=O) groups excluding carboxylic acids is 2. The summed E-state index contributed by atoms with van der Waals surface area (Å²) in [5.41, 5.74) is 1.88. The molecule has 0 bridgehead atoms. The van der Waals surface area contributed by atoms with Crippen LogP contribution in [0.3, 0.4) is 0 Å². The second-order valence-electron chi connectivity index (χ2n) is 5.59. The van der Waals surface area contributed by atoms with Crippen LogP contribution in [0.4, 0.5) is 5.69 Å². The summed E-state index contributed by atoms with van der Waals surface area (Å²) < 4.78 is 5.56. The van der Waals surface area contributed by atoms with E-state index in [2.05, 4.69) is 5.32 Å². The molecule has 1 aliphatic heterocycles. The van der Waals surface area contributed by atoms with Crippen molar-refractivity contribution in [2.45, 2.75) is 39.7 Å². The largest absolute Gasteiger partial charge is 0.490 e. The minimum atomic E-state index is -0.0870. The molecule has 1 aliphatic rings. The van der Waals surface area contributed by atoms with Crippen LogP contribution in [0, 0.1) is 6.92 Å². The first-order valence-electron chi connectivity index (χ1n) is 7.30. The molecule has 0 saturated heterocycles. The van der Waals surface area contributed by atoms with Gasteiger partial charge in [-0.25, -0.2) is 0 Å². The number of hydrogen-bond acceptors (Lipinski definition) is 3. The van der Waals surface area contributed by atoms with Crippen LogP contribution in [0.1, 0.15) is 32.3 Å². The number of nitrogens with one attached hydrogen (secondary N) is 1. The zero-order valence-corrected chi connectivity index (χ0v) is 12.8. The number of anilines is 1. The van der Waals surface area contributed by atoms with Gasteiger partial charge in [0.05, 0.1) is 12.2 Å². The average molecular weight is 290 g/mol. The third-order valence-electron chi connectivity index (χ3n) is 3.29. The summed E-state index contributed by atoms with van der Waals surface area (Å²) >= 11 is 0. The van der Waals surface area contributed by atoms with E-state index < -0.39 is 0 Å². The monoisotopic (exact) mass is 290 g/mol. The van der Waals surface area contributed by atoms with Crippen LogP contribution < -0.4 is 15.0 Å². The van der Waals surface area contributed by atoms with E-state index in [1.165, 1.54) is 0 Å². The van der Waals surface area contributed by atoms with E-state index in [9.17, 15) is 9.59 Å². The highest BCUT2D eigenvalue weighted by Gasteiger charge is 2.24. The molecule has 0 fully saturated rings. The van der Waals surface area contributed by atoms with Crippen molar-refractivity contribution in [3.8, 4) is 5.75 Å². The van der Waals surface area contributed by atoms with E-state index >= 15 is 0 Å². The van der Waals surface area contributed by atoms with Gasteiger partial charge >= 0.3 is 0 Å². The molecule has 0 spiro atoms. The van der Waals surface area contributed by atoms with Crippen LogP contribution in [0.5, 0.6) is 5.75 Å². The maximum atomic E-state index is 12.4. The number of hydrogen-bond donors (Lipinski definition) is 1. The van der Waals surface area contributed by atoms with Crippen molar-refractivity contribution < 1.29 is 14.3 Å². The standard InChI is InChI=1S/C16H22N2O3/c1-11(2)17-15(19)6-7-16(20)18-8-9-21-14-5-4-12(3)10-13(14)18/h4-5,10-11H,6-9H2,1-3H3,(H,17,19). The molecular weight excluding hydrogens is 268 g/mol. The summed E-state index contributed by atoms with van der Waals surface area (Å²) in [5.74, 6) is 0.604. The van der Waals surface area contributed by atoms with Crippen LogP contribution >= 0.6 is 0 Å². The van der Waals surface area contributed by atoms with Crippen molar-refractivity contribution in [3.05, 3.63) is 23.8 Å². The van der Waals surface area contributed by atoms with Gasteiger partial charge in [-0.3, -0.25) is 9.59 Å². The van der Waals surface area contributed by atoms with Gasteiger partial charge in [-0.05, 0) is 38.5 Å². The van der Waals surface area contributed by atoms with Crippen molar-refractivity contribution >= 4 is 17.5 Å². The minimum absolute atomic E-state index is 0.0379. The lowest BCUT2D eigenvalue weighted by atomic mass is 10.1. The Hall–Kier alpha value is -2.04. The Morgan fingerprint density at radius 2 is 2.10 bits per heavy atom. The summed E-state index contributed by atoms with van der Waals surface area (Å²) in [6, 6.07) is 5.89. The Morgan fingerprint density at radius 1 is 1.33 bits per heavy atom. The highest BCUT2D eigenvalue weighted by Crippen LogP contribution is 2.32. The molecular formula is C16H22N2O3. The van der Waals surface area contributed by atoms with Crippen LogP contribution in [-0.2, 0) is 9.59 Å². The van der Waals surface area contributed by atoms with E-state index in [4.69, 9.17) is 4.74 Å². The fourth-order valence-electron chi connectivity index (χ4n) is 2.34. The molecule has 0 aromatic heterocycles. The van der Waals surface area contributed by atoms with Crippen LogP contribution in [0.25, 0.3) is 0 Å². The Labute approximate surface area is 125 Å². The van der Waals surface area contributed by atoms with Crippen molar-refractivity contribution in [2.24, 2.45) is 0 Å². The first-order valence-corrected chi connectivity index (χ1v) is 7.30. The first-order chi connectivity index (χ1) is 9.97. The molecule has 0 radical (unpaired) electrons. The van der Waals surface area contributed by atoms with Crippen molar-refractivity contribution in [2.75, 3.05) is 18.1 Å². The van der Waals surface area contributed by atoms with Gasteiger partial charge in [-0.1, -0.05) is 6.07 Å². The normalized spacial score (nSPS) is 13.6.